The minimum Gasteiger partial charge on any atom is -0.324 e. The normalized spacial score (nSPS) is 15.1. The molecule has 0 aliphatic heterocycles. The van der Waals surface area contributed by atoms with Crippen LogP contribution in [0.25, 0.3) is 0 Å². The van der Waals surface area contributed by atoms with Gasteiger partial charge in [-0.3, -0.25) is 4.79 Å². The van der Waals surface area contributed by atoms with Crippen LogP contribution in [0.3, 0.4) is 0 Å². The summed E-state index contributed by atoms with van der Waals surface area (Å²) in [6.45, 7) is 8.64. The van der Waals surface area contributed by atoms with Crippen LogP contribution in [0.4, 0.5) is 5.69 Å². The maximum Gasteiger partial charge on any atom is 0.247 e. The Hall–Kier alpha value is -2.31. The fourth-order valence-electron chi connectivity index (χ4n) is 3.11. The number of carbonyl (C=O) groups excluding carboxylic acids is 1. The molecule has 0 saturated heterocycles. The molecule has 1 heterocycles. The predicted octanol–water partition coefficient (Wildman–Crippen LogP) is 2.90. The molecule has 1 aromatic carbocycles. The van der Waals surface area contributed by atoms with E-state index < -0.39 is 7.14 Å². The van der Waals surface area contributed by atoms with Gasteiger partial charge in [0.15, 0.2) is 5.82 Å². The molecule has 0 spiro atoms. The monoisotopic (exact) mass is 416 g/mol. The van der Waals surface area contributed by atoms with Gasteiger partial charge in [-0.15, -0.1) is 5.10 Å². The van der Waals surface area contributed by atoms with Crippen molar-refractivity contribution < 1.29 is 9.36 Å². The third-order valence-electron chi connectivity index (χ3n) is 4.86. The standard InChI is InChI=1S/C20H29N6O2P/c1-4-18(27)22-17-10-8-16(9-11-17)19(21-12-5-13-29(2,3)28)20-23-24-25-26(20)14-15-6-7-15/h4,8-11,15,19,21H,1,5-7,12-14H2,2-3H3,(H,22,27). The quantitative estimate of drug-likeness (QED) is 0.332. The summed E-state index contributed by atoms with van der Waals surface area (Å²) in [6.07, 6.45) is 5.20. The Kier molecular flexibility index (Phi) is 6.98. The van der Waals surface area contributed by atoms with Gasteiger partial charge in [0.2, 0.25) is 5.91 Å². The molecule has 1 atom stereocenters. The molecule has 29 heavy (non-hydrogen) atoms. The van der Waals surface area contributed by atoms with Crippen LogP contribution in [0, 0.1) is 5.92 Å². The maximum absolute atomic E-state index is 12.0. The highest BCUT2D eigenvalue weighted by Gasteiger charge is 2.27. The van der Waals surface area contributed by atoms with Crippen LogP contribution >= 0.6 is 7.14 Å². The van der Waals surface area contributed by atoms with Crippen molar-refractivity contribution in [3.63, 3.8) is 0 Å². The van der Waals surface area contributed by atoms with Crippen molar-refractivity contribution >= 4 is 18.7 Å². The molecule has 0 bridgehead atoms. The summed E-state index contributed by atoms with van der Waals surface area (Å²) in [4.78, 5) is 11.5. The summed E-state index contributed by atoms with van der Waals surface area (Å²) in [5.74, 6) is 1.18. The van der Waals surface area contributed by atoms with E-state index in [1.165, 1.54) is 18.9 Å². The molecule has 1 fully saturated rings. The minimum atomic E-state index is -2.03. The van der Waals surface area contributed by atoms with Gasteiger partial charge in [-0.25, -0.2) is 4.68 Å². The Morgan fingerprint density at radius 2 is 2.07 bits per heavy atom. The number of carbonyl (C=O) groups is 1. The molecule has 1 saturated carbocycles. The van der Waals surface area contributed by atoms with Gasteiger partial charge in [-0.05, 0) is 79.3 Å². The Labute approximate surface area is 171 Å². The lowest BCUT2D eigenvalue weighted by Gasteiger charge is -2.19. The van der Waals surface area contributed by atoms with E-state index in [1.54, 1.807) is 0 Å². The predicted molar refractivity (Wildman–Crippen MR) is 115 cm³/mol. The van der Waals surface area contributed by atoms with E-state index in [0.717, 1.165) is 24.4 Å². The Morgan fingerprint density at radius 1 is 1.34 bits per heavy atom. The van der Waals surface area contributed by atoms with Crippen molar-refractivity contribution in [2.45, 2.75) is 31.8 Å². The third-order valence-corrected chi connectivity index (χ3v) is 6.26. The molecule has 1 aliphatic rings. The first kappa shape index (κ1) is 21.4. The van der Waals surface area contributed by atoms with Crippen LogP contribution in [0.2, 0.25) is 0 Å². The van der Waals surface area contributed by atoms with Crippen LogP contribution in [-0.2, 0) is 15.9 Å². The molecule has 0 radical (unpaired) electrons. The van der Waals surface area contributed by atoms with Crippen LogP contribution < -0.4 is 10.6 Å². The molecule has 1 aromatic heterocycles. The first-order valence-electron chi connectivity index (χ1n) is 9.92. The summed E-state index contributed by atoms with van der Waals surface area (Å²) < 4.78 is 13.9. The van der Waals surface area contributed by atoms with Gasteiger partial charge in [0.05, 0.1) is 13.2 Å². The molecule has 3 rings (SSSR count). The molecular formula is C20H29N6O2P. The summed E-state index contributed by atoms with van der Waals surface area (Å²) >= 11 is 0. The van der Waals surface area contributed by atoms with Crippen LogP contribution in [0.5, 0.6) is 0 Å². The highest BCUT2D eigenvalue weighted by atomic mass is 31.2. The van der Waals surface area contributed by atoms with E-state index in [-0.39, 0.29) is 11.9 Å². The van der Waals surface area contributed by atoms with Gasteiger partial charge in [0.1, 0.15) is 0 Å². The number of anilines is 1. The second-order valence-corrected chi connectivity index (χ2v) is 11.6. The molecule has 1 unspecified atom stereocenters. The number of rotatable bonds is 11. The van der Waals surface area contributed by atoms with Crippen molar-refractivity contribution in [1.29, 1.82) is 0 Å². The minimum absolute atomic E-state index is 0.180. The lowest BCUT2D eigenvalue weighted by molar-refractivity contribution is -0.111. The number of tetrazole rings is 1. The topological polar surface area (TPSA) is 102 Å². The summed E-state index contributed by atoms with van der Waals surface area (Å²) in [5.41, 5.74) is 1.71. The second kappa shape index (κ2) is 9.46. The molecule has 2 aromatic rings. The fourth-order valence-corrected chi connectivity index (χ4v) is 4.03. The third kappa shape index (κ3) is 6.61. The largest absolute Gasteiger partial charge is 0.324 e. The van der Waals surface area contributed by atoms with Gasteiger partial charge >= 0.3 is 0 Å². The van der Waals surface area contributed by atoms with Crippen LogP contribution in [-0.4, -0.2) is 52.2 Å². The molecular weight excluding hydrogens is 387 g/mol. The van der Waals surface area contributed by atoms with Crippen molar-refractivity contribution in [1.82, 2.24) is 25.5 Å². The second-order valence-electron chi connectivity index (χ2n) is 8.02. The van der Waals surface area contributed by atoms with Crippen molar-refractivity contribution in [2.24, 2.45) is 5.92 Å². The number of nitrogens with one attached hydrogen (secondary N) is 2. The van der Waals surface area contributed by atoms with E-state index in [2.05, 4.69) is 32.7 Å². The maximum atomic E-state index is 12.0. The van der Waals surface area contributed by atoms with Crippen LogP contribution in [0.1, 0.15) is 36.7 Å². The number of nitrogens with zero attached hydrogens (tertiary/aromatic N) is 4. The highest BCUT2D eigenvalue weighted by molar-refractivity contribution is 7.62. The fraction of sp³-hybridized carbons (Fsp3) is 0.500. The molecule has 9 heteroatoms. The van der Waals surface area contributed by atoms with Gasteiger partial charge < -0.3 is 15.2 Å². The summed E-state index contributed by atoms with van der Waals surface area (Å²) in [6, 6.07) is 7.44. The average Bonchev–Trinajstić information content (AvgIpc) is 3.38. The van der Waals surface area contributed by atoms with E-state index in [1.807, 2.05) is 42.3 Å². The molecule has 2 N–H and O–H groups in total. The van der Waals surface area contributed by atoms with Crippen molar-refractivity contribution in [3.05, 3.63) is 48.3 Å². The highest BCUT2D eigenvalue weighted by Crippen LogP contribution is 2.36. The SMILES string of the molecule is C=CC(=O)Nc1ccc(C(NCCCP(C)(C)=O)c2nnnn2CC2CC2)cc1. The van der Waals surface area contributed by atoms with Gasteiger partial charge in [-0.2, -0.15) is 0 Å². The van der Waals surface area contributed by atoms with E-state index in [4.69, 9.17) is 0 Å². The smallest absolute Gasteiger partial charge is 0.247 e. The van der Waals surface area contributed by atoms with E-state index >= 15 is 0 Å². The molecule has 1 aliphatic carbocycles. The van der Waals surface area contributed by atoms with Crippen molar-refractivity contribution in [2.75, 3.05) is 31.4 Å². The first-order valence-corrected chi connectivity index (χ1v) is 12.7. The summed E-state index contributed by atoms with van der Waals surface area (Å²) in [7, 11) is -2.03. The van der Waals surface area contributed by atoms with E-state index in [9.17, 15) is 9.36 Å². The Bertz CT molecular complexity index is 885. The average molecular weight is 416 g/mol. The Balaban J connectivity index is 1.76. The number of benzene rings is 1. The molecule has 8 nitrogen and oxygen atoms in total. The number of aromatic nitrogens is 4. The zero-order valence-corrected chi connectivity index (χ0v) is 17.9. The zero-order valence-electron chi connectivity index (χ0n) is 17.0. The van der Waals surface area contributed by atoms with Gasteiger partial charge in [-0.1, -0.05) is 18.7 Å². The van der Waals surface area contributed by atoms with E-state index in [0.29, 0.717) is 24.3 Å². The summed E-state index contributed by atoms with van der Waals surface area (Å²) in [5, 5.41) is 18.6. The molecule has 1 amide bonds. The first-order chi connectivity index (χ1) is 13.9. The van der Waals surface area contributed by atoms with Gasteiger partial charge in [0, 0.05) is 18.4 Å². The lowest BCUT2D eigenvalue weighted by Crippen LogP contribution is -2.27. The number of hydrogen-bond acceptors (Lipinski definition) is 6. The Morgan fingerprint density at radius 3 is 2.69 bits per heavy atom. The number of hydrogen-bond donors (Lipinski definition) is 2. The lowest BCUT2D eigenvalue weighted by atomic mass is 10.1. The molecule has 156 valence electrons. The zero-order chi connectivity index (χ0) is 20.9. The van der Waals surface area contributed by atoms with Crippen LogP contribution in [0.15, 0.2) is 36.9 Å². The van der Waals surface area contributed by atoms with Crippen molar-refractivity contribution in [3.8, 4) is 0 Å². The van der Waals surface area contributed by atoms with Gasteiger partial charge in [0.25, 0.3) is 0 Å². The number of amides is 1.